The summed E-state index contributed by atoms with van der Waals surface area (Å²) in [5, 5.41) is 14.9. The van der Waals surface area contributed by atoms with Crippen molar-refractivity contribution in [2.24, 2.45) is 10.3 Å². The van der Waals surface area contributed by atoms with Crippen LogP contribution in [0.5, 0.6) is 11.5 Å². The van der Waals surface area contributed by atoms with E-state index < -0.39 is 31.2 Å². The molecular weight excluding hydrogens is 1140 g/mol. The van der Waals surface area contributed by atoms with Crippen molar-refractivity contribution in [3.63, 3.8) is 0 Å². The molecule has 25 heteroatoms. The number of benzene rings is 4. The van der Waals surface area contributed by atoms with E-state index in [4.69, 9.17) is 46.6 Å². The number of hydrogen-bond donors (Lipinski definition) is 4. The number of nitrogens with zero attached hydrogens (tertiary/aromatic N) is 6. The lowest BCUT2D eigenvalue weighted by atomic mass is 10.1. The smallest absolute Gasteiger partial charge is 0.410 e. The van der Waals surface area contributed by atoms with Gasteiger partial charge in [0, 0.05) is 86.4 Å². The monoisotopic (exact) mass is 1190 g/mol. The maximum Gasteiger partial charge on any atom is 0.410 e. The Bertz CT molecular complexity index is 3150. The Morgan fingerprint density at radius 3 is 1.44 bits per heavy atom. The number of rotatable bonds is 8. The number of hydrogen-bond acceptors (Lipinski definition) is 16. The number of carbonyl (C=O) groups is 2. The van der Waals surface area contributed by atoms with Gasteiger partial charge in [-0.25, -0.2) is 56.6 Å². The van der Waals surface area contributed by atoms with E-state index in [2.05, 4.69) is 57.1 Å². The normalized spacial score (nSPS) is 14.8. The second-order valence-corrected chi connectivity index (χ2v) is 24.0. The second-order valence-electron chi connectivity index (χ2n) is 18.8. The fourth-order valence-corrected chi connectivity index (χ4v) is 9.16. The van der Waals surface area contributed by atoms with Crippen molar-refractivity contribution in [1.29, 1.82) is 0 Å². The quantitative estimate of drug-likeness (QED) is 0.0815. The number of likely N-dealkylation sites (tertiary alicyclic amines) is 2. The molecule has 2 fully saturated rings. The van der Waals surface area contributed by atoms with Gasteiger partial charge >= 0.3 is 12.2 Å². The van der Waals surface area contributed by atoms with E-state index in [1.54, 1.807) is 34.3 Å². The van der Waals surface area contributed by atoms with Gasteiger partial charge in [0.15, 0.2) is 11.5 Å². The average Bonchev–Trinajstić information content (AvgIpc) is 3.30. The molecule has 0 bridgehead atoms. The Morgan fingerprint density at radius 1 is 0.630 bits per heavy atom. The van der Waals surface area contributed by atoms with E-state index in [1.165, 1.54) is 36.4 Å². The van der Waals surface area contributed by atoms with Crippen LogP contribution in [0.2, 0.25) is 5.28 Å². The predicted molar refractivity (Wildman–Crippen MR) is 286 cm³/mol. The number of carbonyl (C=O) groups excluding carboxylic acids is 2. The number of aromatic nitrogens is 4. The summed E-state index contributed by atoms with van der Waals surface area (Å²) in [4.78, 5) is 45.4. The Hall–Kier alpha value is -5.63. The zero-order valence-electron chi connectivity index (χ0n) is 40.8. The first-order valence-electron chi connectivity index (χ1n) is 22.8. The number of amides is 2. The van der Waals surface area contributed by atoms with Crippen molar-refractivity contribution in [2.75, 3.05) is 37.2 Å². The summed E-state index contributed by atoms with van der Waals surface area (Å²) in [6.45, 7) is 13.4. The van der Waals surface area contributed by atoms with E-state index in [0.29, 0.717) is 78.9 Å². The molecule has 2 saturated heterocycles. The lowest BCUT2D eigenvalue weighted by Crippen LogP contribution is -2.44. The second kappa shape index (κ2) is 23.7. The first kappa shape index (κ1) is 56.7. The Labute approximate surface area is 446 Å². The first-order valence-corrected chi connectivity index (χ1v) is 27.8. The third-order valence-electron chi connectivity index (χ3n) is 10.7. The molecule has 0 unspecified atom stereocenters. The van der Waals surface area contributed by atoms with Gasteiger partial charge in [0.2, 0.25) is 31.3 Å². The highest BCUT2D eigenvalue weighted by Crippen LogP contribution is 2.37. The number of sulfonamides is 2. The van der Waals surface area contributed by atoms with Crippen LogP contribution in [-0.4, -0.2) is 108 Å². The molecule has 2 amide bonds. The summed E-state index contributed by atoms with van der Waals surface area (Å²) in [6.07, 6.45) is 5.44. The minimum atomic E-state index is -3.77. The Morgan fingerprint density at radius 2 is 1.03 bits per heavy atom. The van der Waals surface area contributed by atoms with Crippen LogP contribution in [0.25, 0.3) is 21.8 Å². The van der Waals surface area contributed by atoms with Crippen LogP contribution in [0.4, 0.5) is 26.9 Å². The number of nitrogens with two attached hydrogens (primary N) is 3. The maximum atomic E-state index is 12.4. The van der Waals surface area contributed by atoms with Gasteiger partial charge in [0.05, 0.1) is 18.7 Å². The van der Waals surface area contributed by atoms with E-state index in [9.17, 15) is 26.4 Å². The van der Waals surface area contributed by atoms with E-state index in [-0.39, 0.29) is 39.5 Å². The van der Waals surface area contributed by atoms with Gasteiger partial charge in [-0.05, 0) is 158 Å². The molecule has 4 aromatic carbocycles. The highest BCUT2D eigenvalue weighted by molar-refractivity contribution is 9.11. The highest BCUT2D eigenvalue weighted by atomic mass is 79.9. The number of nitrogens with one attached hydrogen (secondary N) is 1. The molecule has 0 aliphatic carbocycles. The third-order valence-corrected chi connectivity index (χ3v) is 14.0. The van der Waals surface area contributed by atoms with E-state index >= 15 is 0 Å². The SMILES string of the molecule is CC(C)(C)OC(=O)N1CCC(Oc2c(Br)ccc3cnc(Cl)nc23)CC1.CC(C)(C)OC(=O)N1CCC(Oc2c(Br)ccc3cnc(Nc4ccc(S(N)(=O)=O)cc4)nc23)CC1.Nc1ccc(S(N)(=O)=O)cc1. The van der Waals surface area contributed by atoms with Crippen LogP contribution in [0.1, 0.15) is 67.2 Å². The molecule has 7 N–H and O–H groups in total. The molecule has 0 spiro atoms. The van der Waals surface area contributed by atoms with Crippen molar-refractivity contribution in [3.05, 3.63) is 99.4 Å². The number of halogens is 3. The number of nitrogen functional groups attached to an aromatic ring is 1. The molecule has 73 heavy (non-hydrogen) atoms. The van der Waals surface area contributed by atoms with Crippen LogP contribution in [0.3, 0.4) is 0 Å². The molecule has 0 radical (unpaired) electrons. The van der Waals surface area contributed by atoms with Crippen molar-refractivity contribution >= 4 is 115 Å². The molecule has 2 aromatic heterocycles. The van der Waals surface area contributed by atoms with Gasteiger partial charge in [-0.1, -0.05) is 0 Å². The van der Waals surface area contributed by atoms with Crippen molar-refractivity contribution in [2.45, 2.75) is 100 Å². The van der Waals surface area contributed by atoms with Crippen molar-refractivity contribution < 1.29 is 45.4 Å². The van der Waals surface area contributed by atoms with Gasteiger partial charge in [-0.15, -0.1) is 0 Å². The zero-order chi connectivity index (χ0) is 53.5. The lowest BCUT2D eigenvalue weighted by Gasteiger charge is -2.33. The molecule has 8 rings (SSSR count). The fraction of sp³-hybridized carbons (Fsp3) is 0.375. The van der Waals surface area contributed by atoms with Gasteiger partial charge in [-0.3, -0.25) is 0 Å². The predicted octanol–water partition coefficient (Wildman–Crippen LogP) is 9.30. The zero-order valence-corrected chi connectivity index (χ0v) is 46.4. The minimum Gasteiger partial charge on any atom is -0.487 e. The molecule has 392 valence electrons. The average molecular weight is 1190 g/mol. The molecule has 0 atom stereocenters. The lowest BCUT2D eigenvalue weighted by molar-refractivity contribution is 0.0115. The number of primary sulfonamides is 2. The Kier molecular flexibility index (Phi) is 18.4. The maximum absolute atomic E-state index is 12.4. The molecular formula is C48H57Br2ClN10O10S2. The summed E-state index contributed by atoms with van der Waals surface area (Å²) < 4.78 is 69.4. The standard InChI is InChI=1S/C24H28BrN5O5S.C18H21BrClN3O3.C6H8N2O2S/c1-24(2,3)35-23(31)30-12-10-17(11-13-30)34-21-19(25)9-4-15-14-27-22(29-20(15)21)28-16-5-7-18(8-6-16)36(26,32)33;1-18(2,3)26-17(24)23-8-6-12(7-9-23)25-15-13(19)5-4-11-10-21-16(20)22-14(11)15;7-5-1-3-6(4-2-5)11(8,9)10/h4-9,14,17H,10-13H2,1-3H3,(H2,26,32,33)(H,27,28,29);4-5,10,12H,6-9H2,1-3H3;1-4H,7H2,(H2,8,9,10). The minimum absolute atomic E-state index is 0.00988. The summed E-state index contributed by atoms with van der Waals surface area (Å²) in [5.74, 6) is 1.58. The summed E-state index contributed by atoms with van der Waals surface area (Å²) in [7, 11) is -7.35. The van der Waals surface area contributed by atoms with Gasteiger partial charge in [0.1, 0.15) is 34.4 Å². The van der Waals surface area contributed by atoms with E-state index in [1.807, 2.05) is 65.8 Å². The van der Waals surface area contributed by atoms with Crippen LogP contribution in [-0.2, 0) is 29.5 Å². The van der Waals surface area contributed by atoms with Crippen LogP contribution < -0.4 is 30.8 Å². The summed E-state index contributed by atoms with van der Waals surface area (Å²) >= 11 is 13.0. The van der Waals surface area contributed by atoms with Crippen molar-refractivity contribution in [3.8, 4) is 11.5 Å². The van der Waals surface area contributed by atoms with Crippen LogP contribution >= 0.6 is 43.5 Å². The van der Waals surface area contributed by atoms with E-state index in [0.717, 1.165) is 32.6 Å². The Balaban J connectivity index is 0.000000204. The molecule has 6 aromatic rings. The number of anilines is 3. The molecule has 2 aliphatic rings. The highest BCUT2D eigenvalue weighted by Gasteiger charge is 2.30. The van der Waals surface area contributed by atoms with Gasteiger partial charge in [0.25, 0.3) is 0 Å². The van der Waals surface area contributed by atoms with Crippen LogP contribution in [0.15, 0.2) is 104 Å². The fourth-order valence-electron chi connectivity index (χ4n) is 7.17. The molecule has 20 nitrogen and oxygen atoms in total. The molecule has 4 heterocycles. The summed E-state index contributed by atoms with van der Waals surface area (Å²) in [6, 6.07) is 19.3. The number of ether oxygens (including phenoxy) is 4. The topological polar surface area (TPSA) is 287 Å². The van der Waals surface area contributed by atoms with Gasteiger partial charge < -0.3 is 39.8 Å². The number of piperidine rings is 2. The third kappa shape index (κ3) is 16.7. The summed E-state index contributed by atoms with van der Waals surface area (Å²) in [5.41, 5.74) is 6.73. The largest absolute Gasteiger partial charge is 0.487 e. The number of fused-ring (bicyclic) bond motifs is 2. The first-order chi connectivity index (χ1) is 34.1. The van der Waals surface area contributed by atoms with Crippen molar-refractivity contribution in [1.82, 2.24) is 29.7 Å². The van der Waals surface area contributed by atoms with Gasteiger partial charge in [-0.2, -0.15) is 0 Å². The molecule has 2 aliphatic heterocycles. The molecule has 0 saturated carbocycles. The van der Waals surface area contributed by atoms with Crippen LogP contribution in [0, 0.1) is 0 Å².